The first-order valence-electron chi connectivity index (χ1n) is 8.14. The number of hydrogen-bond donors (Lipinski definition) is 0. The smallest absolute Gasteiger partial charge is 0.372 e. The zero-order valence-corrected chi connectivity index (χ0v) is 14.0. The molecule has 0 aromatic carbocycles. The summed E-state index contributed by atoms with van der Waals surface area (Å²) in [5.74, 6) is 0.308. The minimum absolute atomic E-state index is 0.0302. The van der Waals surface area contributed by atoms with Gasteiger partial charge in [0, 0.05) is 37.1 Å². The molecule has 3 heterocycles. The Morgan fingerprint density at radius 1 is 1.20 bits per heavy atom. The van der Waals surface area contributed by atoms with Crippen LogP contribution in [-0.4, -0.2) is 40.2 Å². The van der Waals surface area contributed by atoms with Gasteiger partial charge in [0.05, 0.1) is 12.2 Å². The maximum Gasteiger partial charge on any atom is 0.433 e. The van der Waals surface area contributed by atoms with E-state index in [2.05, 4.69) is 15.0 Å². The Kier molecular flexibility index (Phi) is 4.89. The molecule has 5 nitrogen and oxygen atoms in total. The van der Waals surface area contributed by atoms with E-state index in [-0.39, 0.29) is 23.9 Å². The first-order valence-corrected chi connectivity index (χ1v) is 8.14. The molecule has 2 aromatic heterocycles. The summed E-state index contributed by atoms with van der Waals surface area (Å²) in [7, 11) is 0. The Hall–Kier alpha value is -2.22. The molecular weight excluding hydrogens is 333 g/mol. The number of alkyl halides is 3. The van der Waals surface area contributed by atoms with E-state index in [1.807, 2.05) is 18.7 Å². The normalized spacial score (nSPS) is 21.4. The Morgan fingerprint density at radius 3 is 2.56 bits per heavy atom. The predicted molar refractivity (Wildman–Crippen MR) is 87.1 cm³/mol. The molecule has 0 spiro atoms. The third-order valence-corrected chi connectivity index (χ3v) is 4.05. The van der Waals surface area contributed by atoms with Gasteiger partial charge in [0.15, 0.2) is 11.5 Å². The van der Waals surface area contributed by atoms with Crippen LogP contribution < -0.4 is 4.90 Å². The van der Waals surface area contributed by atoms with Crippen molar-refractivity contribution < 1.29 is 17.9 Å². The summed E-state index contributed by atoms with van der Waals surface area (Å²) in [5.41, 5.74) is -0.452. The molecule has 1 aliphatic rings. The molecule has 2 atom stereocenters. The van der Waals surface area contributed by atoms with Crippen LogP contribution >= 0.6 is 0 Å². The van der Waals surface area contributed by atoms with Gasteiger partial charge in [-0.1, -0.05) is 6.92 Å². The molecule has 3 rings (SSSR count). The monoisotopic (exact) mass is 352 g/mol. The van der Waals surface area contributed by atoms with Crippen molar-refractivity contribution in [2.75, 3.05) is 18.0 Å². The van der Waals surface area contributed by atoms with E-state index >= 15 is 0 Å². The molecule has 1 saturated heterocycles. The Morgan fingerprint density at radius 2 is 1.92 bits per heavy atom. The summed E-state index contributed by atoms with van der Waals surface area (Å²) in [4.78, 5) is 13.8. The average Bonchev–Trinajstić information content (AvgIpc) is 2.60. The number of aromatic nitrogens is 3. The largest absolute Gasteiger partial charge is 0.433 e. The molecule has 0 bridgehead atoms. The van der Waals surface area contributed by atoms with Crippen LogP contribution in [0, 0.1) is 0 Å². The summed E-state index contributed by atoms with van der Waals surface area (Å²) in [6.07, 6.45) is -0.855. The SMILES string of the molecule is CCC1CN(c2cc(C(F)(F)F)nc(-c3ccncc3)n2)CC(C)O1. The Bertz CT molecular complexity index is 724. The fourth-order valence-electron chi connectivity index (χ4n) is 2.83. The third kappa shape index (κ3) is 4.07. The van der Waals surface area contributed by atoms with Crippen molar-refractivity contribution in [2.24, 2.45) is 0 Å². The third-order valence-electron chi connectivity index (χ3n) is 4.05. The molecule has 0 aliphatic carbocycles. The van der Waals surface area contributed by atoms with Gasteiger partial charge in [0.2, 0.25) is 0 Å². The Labute approximate surface area is 143 Å². The fourth-order valence-corrected chi connectivity index (χ4v) is 2.83. The highest BCUT2D eigenvalue weighted by molar-refractivity contribution is 5.57. The quantitative estimate of drug-likeness (QED) is 0.845. The number of halogens is 3. The fraction of sp³-hybridized carbons (Fsp3) is 0.471. The van der Waals surface area contributed by atoms with E-state index in [9.17, 15) is 13.2 Å². The van der Waals surface area contributed by atoms with Crippen molar-refractivity contribution in [3.63, 3.8) is 0 Å². The minimum atomic E-state index is -4.54. The lowest BCUT2D eigenvalue weighted by Gasteiger charge is -2.37. The van der Waals surface area contributed by atoms with Crippen LogP contribution in [0.4, 0.5) is 19.0 Å². The highest BCUT2D eigenvalue weighted by Crippen LogP contribution is 2.32. The number of morpholine rings is 1. The number of hydrogen-bond acceptors (Lipinski definition) is 5. The van der Waals surface area contributed by atoms with Crippen LogP contribution in [0.5, 0.6) is 0 Å². The molecule has 1 fully saturated rings. The van der Waals surface area contributed by atoms with Crippen molar-refractivity contribution in [3.8, 4) is 11.4 Å². The first-order chi connectivity index (χ1) is 11.9. The van der Waals surface area contributed by atoms with E-state index in [0.717, 1.165) is 12.5 Å². The van der Waals surface area contributed by atoms with E-state index in [1.54, 1.807) is 12.1 Å². The van der Waals surface area contributed by atoms with Crippen molar-refractivity contribution in [3.05, 3.63) is 36.3 Å². The molecule has 0 saturated carbocycles. The van der Waals surface area contributed by atoms with E-state index in [4.69, 9.17) is 4.74 Å². The summed E-state index contributed by atoms with van der Waals surface area (Å²) in [6.45, 7) is 4.89. The van der Waals surface area contributed by atoms with Crippen LogP contribution in [0.25, 0.3) is 11.4 Å². The molecule has 0 N–H and O–H groups in total. The van der Waals surface area contributed by atoms with Gasteiger partial charge in [-0.25, -0.2) is 9.97 Å². The van der Waals surface area contributed by atoms with Crippen molar-refractivity contribution in [1.82, 2.24) is 15.0 Å². The second-order valence-electron chi connectivity index (χ2n) is 6.05. The zero-order chi connectivity index (χ0) is 18.0. The number of pyridine rings is 1. The Balaban J connectivity index is 2.03. The molecule has 1 aliphatic heterocycles. The maximum atomic E-state index is 13.3. The van der Waals surface area contributed by atoms with Crippen LogP contribution in [0.2, 0.25) is 0 Å². The second-order valence-corrected chi connectivity index (χ2v) is 6.05. The number of rotatable bonds is 3. The lowest BCUT2D eigenvalue weighted by Crippen LogP contribution is -2.46. The summed E-state index contributed by atoms with van der Waals surface area (Å²) in [6, 6.07) is 4.20. The number of nitrogens with zero attached hydrogens (tertiary/aromatic N) is 4. The van der Waals surface area contributed by atoms with Gasteiger partial charge in [-0.05, 0) is 25.5 Å². The topological polar surface area (TPSA) is 51.1 Å². The summed E-state index contributed by atoms with van der Waals surface area (Å²) in [5, 5.41) is 0. The lowest BCUT2D eigenvalue weighted by atomic mass is 10.1. The molecule has 2 aromatic rings. The summed E-state index contributed by atoms with van der Waals surface area (Å²) < 4.78 is 45.7. The van der Waals surface area contributed by atoms with Crippen LogP contribution in [-0.2, 0) is 10.9 Å². The van der Waals surface area contributed by atoms with E-state index in [0.29, 0.717) is 18.7 Å². The first kappa shape index (κ1) is 17.6. The van der Waals surface area contributed by atoms with Crippen molar-refractivity contribution in [1.29, 1.82) is 0 Å². The highest BCUT2D eigenvalue weighted by atomic mass is 19.4. The molecule has 25 heavy (non-hydrogen) atoms. The van der Waals surface area contributed by atoms with Gasteiger partial charge in [-0.2, -0.15) is 13.2 Å². The lowest BCUT2D eigenvalue weighted by molar-refractivity contribution is -0.141. The van der Waals surface area contributed by atoms with Gasteiger partial charge in [-0.3, -0.25) is 4.98 Å². The maximum absolute atomic E-state index is 13.3. The molecule has 134 valence electrons. The predicted octanol–water partition coefficient (Wildman–Crippen LogP) is 3.56. The van der Waals surface area contributed by atoms with Gasteiger partial charge in [0.1, 0.15) is 5.82 Å². The van der Waals surface area contributed by atoms with Crippen LogP contribution in [0.1, 0.15) is 26.0 Å². The van der Waals surface area contributed by atoms with Gasteiger partial charge in [-0.15, -0.1) is 0 Å². The standard InChI is InChI=1S/C17H19F3N4O/c1-3-13-10-24(9-11(2)25-13)15-8-14(17(18,19)20)22-16(23-15)12-4-6-21-7-5-12/h4-8,11,13H,3,9-10H2,1-2H3. The molecule has 8 heteroatoms. The number of anilines is 1. The highest BCUT2D eigenvalue weighted by Gasteiger charge is 2.35. The van der Waals surface area contributed by atoms with Gasteiger partial charge >= 0.3 is 6.18 Å². The van der Waals surface area contributed by atoms with Crippen molar-refractivity contribution in [2.45, 2.75) is 38.7 Å². The minimum Gasteiger partial charge on any atom is -0.372 e. The molecule has 0 radical (unpaired) electrons. The van der Waals surface area contributed by atoms with Gasteiger partial charge in [0.25, 0.3) is 0 Å². The molecular formula is C17H19F3N4O. The van der Waals surface area contributed by atoms with Crippen LogP contribution in [0.15, 0.2) is 30.6 Å². The number of ether oxygens (including phenoxy) is 1. The van der Waals surface area contributed by atoms with E-state index < -0.39 is 11.9 Å². The van der Waals surface area contributed by atoms with E-state index in [1.165, 1.54) is 12.4 Å². The average molecular weight is 352 g/mol. The van der Waals surface area contributed by atoms with Crippen LogP contribution in [0.3, 0.4) is 0 Å². The summed E-state index contributed by atoms with van der Waals surface area (Å²) >= 11 is 0. The second kappa shape index (κ2) is 6.95. The van der Waals surface area contributed by atoms with Gasteiger partial charge < -0.3 is 9.64 Å². The van der Waals surface area contributed by atoms with Crippen molar-refractivity contribution >= 4 is 5.82 Å². The molecule has 0 amide bonds. The zero-order valence-electron chi connectivity index (χ0n) is 14.0. The molecule has 2 unspecified atom stereocenters.